The van der Waals surface area contributed by atoms with Gasteiger partial charge in [0.1, 0.15) is 0 Å². The van der Waals surface area contributed by atoms with Crippen LogP contribution in [-0.4, -0.2) is 35.7 Å². The number of carbonyl (C=O) groups excluding carboxylic acids is 1. The molecule has 0 fully saturated rings. The molecule has 0 bridgehead atoms. The first-order valence-electron chi connectivity index (χ1n) is 5.20. The molecule has 3 heterocycles. The molecule has 0 aliphatic heterocycles. The van der Waals surface area contributed by atoms with E-state index in [1.54, 1.807) is 42.5 Å². The van der Waals surface area contributed by atoms with E-state index in [2.05, 4.69) is 25.9 Å². The average Bonchev–Trinajstić information content (AvgIpc) is 2.96. The van der Waals surface area contributed by atoms with E-state index in [1.165, 1.54) is 4.52 Å². The zero-order chi connectivity index (χ0) is 12.5. The van der Waals surface area contributed by atoms with Crippen molar-refractivity contribution in [2.24, 2.45) is 7.05 Å². The second kappa shape index (κ2) is 3.91. The number of nitrogens with one attached hydrogen (secondary N) is 1. The predicted molar refractivity (Wildman–Crippen MR) is 61.9 cm³/mol. The second-order valence-corrected chi connectivity index (χ2v) is 3.76. The highest BCUT2D eigenvalue weighted by atomic mass is 16.1. The summed E-state index contributed by atoms with van der Waals surface area (Å²) in [6, 6.07) is 3.34. The van der Waals surface area contributed by atoms with Crippen molar-refractivity contribution in [2.45, 2.75) is 0 Å². The fourth-order valence-corrected chi connectivity index (χ4v) is 1.56. The first-order chi connectivity index (χ1) is 8.72. The van der Waals surface area contributed by atoms with Gasteiger partial charge in [-0.25, -0.2) is 0 Å². The minimum absolute atomic E-state index is 0.236. The molecule has 0 atom stereocenters. The molecule has 0 saturated heterocycles. The van der Waals surface area contributed by atoms with E-state index in [9.17, 15) is 4.79 Å². The largest absolute Gasteiger partial charge is 0.319 e. The van der Waals surface area contributed by atoms with Crippen LogP contribution in [0.2, 0.25) is 0 Å². The summed E-state index contributed by atoms with van der Waals surface area (Å²) in [4.78, 5) is 12.0. The first kappa shape index (κ1) is 10.4. The molecule has 0 unspecified atom stereocenters. The molecule has 0 aliphatic rings. The number of amides is 1. The molecule has 3 aromatic heterocycles. The van der Waals surface area contributed by atoms with Crippen molar-refractivity contribution in [3.8, 4) is 0 Å². The third-order valence-electron chi connectivity index (χ3n) is 2.42. The fourth-order valence-electron chi connectivity index (χ4n) is 1.56. The van der Waals surface area contributed by atoms with Gasteiger partial charge < -0.3 is 5.32 Å². The van der Waals surface area contributed by atoms with E-state index in [1.807, 2.05) is 0 Å². The zero-order valence-corrected chi connectivity index (χ0v) is 9.48. The first-order valence-corrected chi connectivity index (χ1v) is 5.20. The molecule has 0 saturated carbocycles. The average molecular weight is 243 g/mol. The Kier molecular flexibility index (Phi) is 2.26. The number of aryl methyl sites for hydroxylation is 1. The van der Waals surface area contributed by atoms with Crippen LogP contribution in [0.4, 0.5) is 5.69 Å². The summed E-state index contributed by atoms with van der Waals surface area (Å²) in [7, 11) is 1.78. The van der Waals surface area contributed by atoms with E-state index in [4.69, 9.17) is 0 Å². The van der Waals surface area contributed by atoms with Crippen molar-refractivity contribution in [3.05, 3.63) is 36.3 Å². The summed E-state index contributed by atoms with van der Waals surface area (Å²) in [5.74, 6) is -0.236. The van der Waals surface area contributed by atoms with E-state index in [0.29, 0.717) is 16.9 Å². The Bertz CT molecular complexity index is 714. The molecule has 18 heavy (non-hydrogen) atoms. The van der Waals surface area contributed by atoms with Crippen molar-refractivity contribution >= 4 is 17.2 Å². The van der Waals surface area contributed by atoms with Crippen LogP contribution in [0.5, 0.6) is 0 Å². The molecule has 1 amide bonds. The Morgan fingerprint density at radius 2 is 2.22 bits per heavy atom. The molecule has 1 N–H and O–H groups in total. The number of pyridine rings is 1. The van der Waals surface area contributed by atoms with Gasteiger partial charge in [-0.2, -0.15) is 9.61 Å². The van der Waals surface area contributed by atoms with Crippen molar-refractivity contribution < 1.29 is 4.79 Å². The van der Waals surface area contributed by atoms with Gasteiger partial charge in [0.05, 0.1) is 17.4 Å². The Morgan fingerprint density at radius 1 is 1.33 bits per heavy atom. The number of hydrogen-bond acceptors (Lipinski definition) is 5. The standard InChI is InChI=1S/C10H9N7O/c1-16-6-8(4-11-16)12-10(18)7-2-3-9-13-14-15-17(9)5-7/h2-6H,1H3,(H,12,18). The van der Waals surface area contributed by atoms with E-state index >= 15 is 0 Å². The van der Waals surface area contributed by atoms with Crippen LogP contribution in [0.25, 0.3) is 5.65 Å². The highest BCUT2D eigenvalue weighted by molar-refractivity contribution is 6.04. The van der Waals surface area contributed by atoms with Crippen LogP contribution in [0.1, 0.15) is 10.4 Å². The summed E-state index contributed by atoms with van der Waals surface area (Å²) in [6.45, 7) is 0. The number of aromatic nitrogens is 6. The summed E-state index contributed by atoms with van der Waals surface area (Å²) < 4.78 is 3.05. The normalized spacial score (nSPS) is 10.7. The third-order valence-corrected chi connectivity index (χ3v) is 2.42. The monoisotopic (exact) mass is 243 g/mol. The molecule has 0 aliphatic carbocycles. The Morgan fingerprint density at radius 3 is 3.00 bits per heavy atom. The van der Waals surface area contributed by atoms with Gasteiger partial charge in [0.25, 0.3) is 5.91 Å². The number of tetrazole rings is 1. The summed E-state index contributed by atoms with van der Waals surface area (Å²) in [6.07, 6.45) is 4.86. The third kappa shape index (κ3) is 1.79. The van der Waals surface area contributed by atoms with Crippen molar-refractivity contribution in [2.75, 3.05) is 5.32 Å². The van der Waals surface area contributed by atoms with Crippen molar-refractivity contribution in [1.82, 2.24) is 29.8 Å². The highest BCUT2D eigenvalue weighted by Gasteiger charge is 2.08. The van der Waals surface area contributed by atoms with Crippen LogP contribution in [0.3, 0.4) is 0 Å². The van der Waals surface area contributed by atoms with Crippen molar-refractivity contribution in [1.29, 1.82) is 0 Å². The lowest BCUT2D eigenvalue weighted by Gasteiger charge is -2.01. The molecule has 8 heteroatoms. The van der Waals surface area contributed by atoms with Gasteiger partial charge in [-0.15, -0.1) is 5.10 Å². The maximum absolute atomic E-state index is 12.0. The Balaban J connectivity index is 1.87. The van der Waals surface area contributed by atoms with Gasteiger partial charge in [0.2, 0.25) is 0 Å². The molecular formula is C10H9N7O. The molecule has 3 rings (SSSR count). The SMILES string of the molecule is Cn1cc(NC(=O)c2ccc3nnnn3c2)cn1. The summed E-state index contributed by atoms with van der Waals surface area (Å²) in [5.41, 5.74) is 1.70. The smallest absolute Gasteiger partial charge is 0.257 e. The van der Waals surface area contributed by atoms with Gasteiger partial charge in [-0.05, 0) is 22.6 Å². The Hall–Kier alpha value is -2.77. The number of anilines is 1. The Labute approximate surface area is 101 Å². The van der Waals surface area contributed by atoms with Crippen LogP contribution in [0.15, 0.2) is 30.7 Å². The van der Waals surface area contributed by atoms with E-state index in [-0.39, 0.29) is 5.91 Å². The van der Waals surface area contributed by atoms with Gasteiger partial charge in [0.15, 0.2) is 5.65 Å². The van der Waals surface area contributed by atoms with Crippen LogP contribution >= 0.6 is 0 Å². The van der Waals surface area contributed by atoms with Gasteiger partial charge in [0, 0.05) is 19.4 Å². The molecule has 90 valence electrons. The highest BCUT2D eigenvalue weighted by Crippen LogP contribution is 2.08. The topological polar surface area (TPSA) is 90.0 Å². The zero-order valence-electron chi connectivity index (χ0n) is 9.48. The molecule has 0 radical (unpaired) electrons. The summed E-state index contributed by atoms with van der Waals surface area (Å²) in [5, 5.41) is 17.7. The summed E-state index contributed by atoms with van der Waals surface area (Å²) >= 11 is 0. The number of nitrogens with zero attached hydrogens (tertiary/aromatic N) is 6. The van der Waals surface area contributed by atoms with Gasteiger partial charge in [-0.1, -0.05) is 0 Å². The number of hydrogen-bond donors (Lipinski definition) is 1. The molecule has 8 nitrogen and oxygen atoms in total. The van der Waals surface area contributed by atoms with E-state index < -0.39 is 0 Å². The van der Waals surface area contributed by atoms with E-state index in [0.717, 1.165) is 0 Å². The van der Waals surface area contributed by atoms with Crippen LogP contribution in [0, 0.1) is 0 Å². The van der Waals surface area contributed by atoms with Gasteiger partial charge in [-0.3, -0.25) is 9.48 Å². The minimum Gasteiger partial charge on any atom is -0.319 e. The maximum atomic E-state index is 12.0. The lowest BCUT2D eigenvalue weighted by atomic mass is 10.2. The predicted octanol–water partition coefficient (Wildman–Crippen LogP) is 0.110. The molecule has 0 aromatic carbocycles. The molecule has 3 aromatic rings. The number of rotatable bonds is 2. The maximum Gasteiger partial charge on any atom is 0.257 e. The number of fused-ring (bicyclic) bond motifs is 1. The lowest BCUT2D eigenvalue weighted by Crippen LogP contribution is -2.12. The van der Waals surface area contributed by atoms with Crippen LogP contribution in [-0.2, 0) is 7.05 Å². The molecular weight excluding hydrogens is 234 g/mol. The minimum atomic E-state index is -0.236. The van der Waals surface area contributed by atoms with Crippen LogP contribution < -0.4 is 5.32 Å². The fraction of sp³-hybridized carbons (Fsp3) is 0.100. The molecule has 0 spiro atoms. The second-order valence-electron chi connectivity index (χ2n) is 3.76. The van der Waals surface area contributed by atoms with Gasteiger partial charge >= 0.3 is 0 Å². The van der Waals surface area contributed by atoms with Crippen molar-refractivity contribution in [3.63, 3.8) is 0 Å². The quantitative estimate of drug-likeness (QED) is 0.690. The number of carbonyl (C=O) groups is 1. The lowest BCUT2D eigenvalue weighted by molar-refractivity contribution is 0.102.